The number of halogens is 3. The van der Waals surface area contributed by atoms with Gasteiger partial charge in [0, 0.05) is 11.9 Å². The van der Waals surface area contributed by atoms with Crippen LogP contribution in [0.1, 0.15) is 17.3 Å². The minimum Gasteiger partial charge on any atom is -0.406 e. The number of benzene rings is 1. The number of ether oxygens (including phenoxy) is 1. The van der Waals surface area contributed by atoms with Gasteiger partial charge >= 0.3 is 12.1 Å². The highest BCUT2D eigenvalue weighted by Gasteiger charge is 2.31. The van der Waals surface area contributed by atoms with E-state index in [1.54, 1.807) is 13.0 Å². The minimum absolute atomic E-state index is 0.150. The number of hydrogen-bond acceptors (Lipinski definition) is 5. The van der Waals surface area contributed by atoms with Crippen LogP contribution < -0.4 is 15.7 Å². The summed E-state index contributed by atoms with van der Waals surface area (Å²) in [5.41, 5.74) is 0.480. The first kappa shape index (κ1) is 19.9. The van der Waals surface area contributed by atoms with Crippen molar-refractivity contribution in [3.8, 4) is 18.1 Å². The minimum atomic E-state index is -4.81. The van der Waals surface area contributed by atoms with E-state index in [2.05, 4.69) is 26.1 Å². The van der Waals surface area contributed by atoms with Gasteiger partial charge in [-0.1, -0.05) is 18.1 Å². The Labute approximate surface area is 161 Å². The highest BCUT2D eigenvalue weighted by Crippen LogP contribution is 2.24. The number of nitrogens with zero attached hydrogens (tertiary/aromatic N) is 4. The average Bonchev–Trinajstić information content (AvgIpc) is 2.94. The number of aromatic nitrogens is 4. The predicted octanol–water partition coefficient (Wildman–Crippen LogP) is 1.59. The zero-order valence-corrected chi connectivity index (χ0v) is 15.0. The molecule has 1 amide bonds. The standard InChI is InChI=1S/C18H14F3N5O3/c1-3-14(12-4-6-13(7-5-12)29-18(19,20)21)23-15(27)10-26-17(28)25-9-8-11(2)22-16(25)24-26/h1,4-9,14H,10H2,2H3,(H,23,27)/t14-/m0/s1. The van der Waals surface area contributed by atoms with Crippen molar-refractivity contribution in [2.45, 2.75) is 25.9 Å². The first-order valence-electron chi connectivity index (χ1n) is 8.20. The Morgan fingerprint density at radius 2 is 2.00 bits per heavy atom. The smallest absolute Gasteiger partial charge is 0.406 e. The fourth-order valence-electron chi connectivity index (χ4n) is 2.52. The van der Waals surface area contributed by atoms with Gasteiger partial charge < -0.3 is 10.1 Å². The first-order chi connectivity index (χ1) is 13.7. The molecule has 3 rings (SSSR count). The number of terminal acetylenes is 1. The van der Waals surface area contributed by atoms with Gasteiger partial charge in [-0.2, -0.15) is 0 Å². The van der Waals surface area contributed by atoms with E-state index in [1.807, 2.05) is 0 Å². The van der Waals surface area contributed by atoms with E-state index >= 15 is 0 Å². The molecule has 1 atom stereocenters. The van der Waals surface area contributed by atoms with E-state index in [9.17, 15) is 22.8 Å². The lowest BCUT2D eigenvalue weighted by atomic mass is 10.1. The molecule has 2 aromatic heterocycles. The molecule has 0 saturated heterocycles. The normalized spacial score (nSPS) is 12.4. The predicted molar refractivity (Wildman–Crippen MR) is 94.8 cm³/mol. The van der Waals surface area contributed by atoms with Gasteiger partial charge in [0.05, 0.1) is 0 Å². The summed E-state index contributed by atoms with van der Waals surface area (Å²) in [6, 6.07) is 5.47. The number of rotatable bonds is 5. The van der Waals surface area contributed by atoms with Gasteiger partial charge in [0.2, 0.25) is 5.91 Å². The maximum Gasteiger partial charge on any atom is 0.573 e. The van der Waals surface area contributed by atoms with Crippen molar-refractivity contribution in [2.24, 2.45) is 0 Å². The summed E-state index contributed by atoms with van der Waals surface area (Å²) < 4.78 is 42.6. The molecule has 0 aliphatic rings. The number of aryl methyl sites for hydroxylation is 1. The van der Waals surface area contributed by atoms with Crippen molar-refractivity contribution in [1.29, 1.82) is 0 Å². The van der Waals surface area contributed by atoms with E-state index in [1.165, 1.54) is 22.7 Å². The molecule has 3 aromatic rings. The number of fused-ring (bicyclic) bond motifs is 1. The topological polar surface area (TPSA) is 90.5 Å². The van der Waals surface area contributed by atoms with Gasteiger partial charge in [-0.15, -0.1) is 24.7 Å². The maximum atomic E-state index is 12.3. The third-order valence-corrected chi connectivity index (χ3v) is 3.81. The number of carbonyl (C=O) groups is 1. The summed E-state index contributed by atoms with van der Waals surface area (Å²) in [4.78, 5) is 28.6. The number of hydrogen-bond donors (Lipinski definition) is 1. The lowest BCUT2D eigenvalue weighted by Crippen LogP contribution is -2.34. The molecule has 150 valence electrons. The summed E-state index contributed by atoms with van der Waals surface area (Å²) in [6.07, 6.45) is 2.11. The van der Waals surface area contributed by atoms with Crippen LogP contribution in [0.2, 0.25) is 0 Å². The van der Waals surface area contributed by atoms with Crippen molar-refractivity contribution < 1.29 is 22.7 Å². The van der Waals surface area contributed by atoms with Crippen LogP contribution in [0, 0.1) is 19.3 Å². The lowest BCUT2D eigenvalue weighted by molar-refractivity contribution is -0.274. The molecule has 29 heavy (non-hydrogen) atoms. The van der Waals surface area contributed by atoms with Crippen LogP contribution in [0.15, 0.2) is 41.3 Å². The summed E-state index contributed by atoms with van der Waals surface area (Å²) in [5, 5.41) is 6.50. The second-order valence-electron chi connectivity index (χ2n) is 5.96. The van der Waals surface area contributed by atoms with Gasteiger partial charge in [-0.3, -0.25) is 4.79 Å². The van der Waals surface area contributed by atoms with Crippen LogP contribution in [0.25, 0.3) is 5.78 Å². The van der Waals surface area contributed by atoms with E-state index in [4.69, 9.17) is 6.42 Å². The maximum absolute atomic E-state index is 12.3. The zero-order chi connectivity index (χ0) is 21.2. The molecule has 1 aromatic carbocycles. The second kappa shape index (κ2) is 7.67. The van der Waals surface area contributed by atoms with Crippen molar-refractivity contribution in [3.63, 3.8) is 0 Å². The van der Waals surface area contributed by atoms with Crippen molar-refractivity contribution in [1.82, 2.24) is 24.5 Å². The van der Waals surface area contributed by atoms with Gasteiger partial charge in [0.25, 0.3) is 5.78 Å². The Morgan fingerprint density at radius 1 is 1.31 bits per heavy atom. The fraction of sp³-hybridized carbons (Fsp3) is 0.222. The molecule has 0 unspecified atom stereocenters. The van der Waals surface area contributed by atoms with Crippen molar-refractivity contribution in [3.05, 3.63) is 58.3 Å². The Morgan fingerprint density at radius 3 is 2.62 bits per heavy atom. The summed E-state index contributed by atoms with van der Waals surface area (Å²) in [7, 11) is 0. The first-order valence-corrected chi connectivity index (χ1v) is 8.20. The van der Waals surface area contributed by atoms with E-state index in [-0.39, 0.29) is 5.78 Å². The average molecular weight is 405 g/mol. The summed E-state index contributed by atoms with van der Waals surface area (Å²) in [6.45, 7) is 1.33. The highest BCUT2D eigenvalue weighted by atomic mass is 19.4. The van der Waals surface area contributed by atoms with Crippen LogP contribution >= 0.6 is 0 Å². The van der Waals surface area contributed by atoms with Crippen LogP contribution in [-0.2, 0) is 11.3 Å². The number of alkyl halides is 3. The molecule has 1 N–H and O–H groups in total. The van der Waals surface area contributed by atoms with Gasteiger partial charge in [0.15, 0.2) is 0 Å². The number of nitrogens with one attached hydrogen (secondary N) is 1. The van der Waals surface area contributed by atoms with E-state index in [0.717, 1.165) is 16.8 Å². The Kier molecular flexibility index (Phi) is 5.27. The summed E-state index contributed by atoms with van der Waals surface area (Å²) in [5.74, 6) is 1.46. The molecule has 0 spiro atoms. The van der Waals surface area contributed by atoms with Crippen LogP contribution in [0.4, 0.5) is 13.2 Å². The molecular formula is C18H14F3N5O3. The van der Waals surface area contributed by atoms with Gasteiger partial charge in [-0.05, 0) is 30.7 Å². The Bertz CT molecular complexity index is 1140. The largest absolute Gasteiger partial charge is 0.573 e. The van der Waals surface area contributed by atoms with Gasteiger partial charge in [-0.25, -0.2) is 18.9 Å². The number of carbonyl (C=O) groups excluding carboxylic acids is 1. The lowest BCUT2D eigenvalue weighted by Gasteiger charge is -2.14. The molecular weight excluding hydrogens is 391 g/mol. The van der Waals surface area contributed by atoms with Gasteiger partial charge in [0.1, 0.15) is 18.3 Å². The third kappa shape index (κ3) is 4.73. The SMILES string of the molecule is C#C[C@H](NC(=O)Cn1nc2nc(C)ccn2c1=O)c1ccc(OC(F)(F)F)cc1. The molecule has 0 saturated carbocycles. The Balaban J connectivity index is 1.71. The van der Waals surface area contributed by atoms with E-state index in [0.29, 0.717) is 11.3 Å². The zero-order valence-electron chi connectivity index (χ0n) is 15.0. The highest BCUT2D eigenvalue weighted by molar-refractivity contribution is 5.76. The molecule has 11 heteroatoms. The van der Waals surface area contributed by atoms with Crippen LogP contribution in [0.3, 0.4) is 0 Å². The van der Waals surface area contributed by atoms with Crippen LogP contribution in [0.5, 0.6) is 5.75 Å². The van der Waals surface area contributed by atoms with E-state index < -0.39 is 36.3 Å². The summed E-state index contributed by atoms with van der Waals surface area (Å²) >= 11 is 0. The second-order valence-corrected chi connectivity index (χ2v) is 5.96. The van der Waals surface area contributed by atoms with Crippen LogP contribution in [-0.4, -0.2) is 31.4 Å². The molecule has 8 nitrogen and oxygen atoms in total. The third-order valence-electron chi connectivity index (χ3n) is 3.81. The quantitative estimate of drug-likeness (QED) is 0.651. The fourth-order valence-corrected chi connectivity index (χ4v) is 2.52. The Hall–Kier alpha value is -3.81. The number of amides is 1. The molecule has 2 heterocycles. The molecule has 0 fully saturated rings. The van der Waals surface area contributed by atoms with Crippen molar-refractivity contribution in [2.75, 3.05) is 0 Å². The molecule has 0 radical (unpaired) electrons. The molecule has 0 aliphatic carbocycles. The molecule has 0 bridgehead atoms. The van der Waals surface area contributed by atoms with Crippen molar-refractivity contribution >= 4 is 11.7 Å². The molecule has 0 aliphatic heterocycles. The monoisotopic (exact) mass is 405 g/mol.